The van der Waals surface area contributed by atoms with Crippen molar-refractivity contribution in [2.75, 3.05) is 13.1 Å². The Morgan fingerprint density at radius 2 is 1.71 bits per heavy atom. The first kappa shape index (κ1) is 35.1. The SMILES string of the molecule is CC(=O)CCCCN(CCc1ccccc1OCc1ccc(-c2ccc(C(F)(F)F)cc2)cc1Cl)C1CCCc2nc(C(=O)O)ccc21. The maximum Gasteiger partial charge on any atom is 0.416 e. The number of nitrogens with zero attached hydrogens (tertiary/aromatic N) is 2. The summed E-state index contributed by atoms with van der Waals surface area (Å²) < 4.78 is 45.2. The summed E-state index contributed by atoms with van der Waals surface area (Å²) >= 11 is 6.60. The van der Waals surface area contributed by atoms with Crippen LogP contribution >= 0.6 is 11.6 Å². The minimum atomic E-state index is -4.39. The van der Waals surface area contributed by atoms with Gasteiger partial charge in [0.1, 0.15) is 23.8 Å². The van der Waals surface area contributed by atoms with Crippen molar-refractivity contribution in [3.05, 3.63) is 118 Å². The average molecular weight is 679 g/mol. The van der Waals surface area contributed by atoms with Crippen molar-refractivity contribution >= 4 is 23.4 Å². The number of aromatic carboxylic acids is 1. The van der Waals surface area contributed by atoms with Crippen LogP contribution in [0.25, 0.3) is 11.1 Å². The molecule has 0 bridgehead atoms. The Bertz CT molecular complexity index is 1740. The lowest BCUT2D eigenvalue weighted by atomic mass is 9.89. The molecular weight excluding hydrogens is 641 g/mol. The van der Waals surface area contributed by atoms with E-state index in [4.69, 9.17) is 16.3 Å². The number of Topliss-reactive ketones (excluding diaryl/α,β-unsaturated/α-hetero) is 1. The van der Waals surface area contributed by atoms with E-state index in [1.165, 1.54) is 12.1 Å². The zero-order valence-corrected chi connectivity index (χ0v) is 27.5. The molecule has 0 saturated carbocycles. The van der Waals surface area contributed by atoms with Gasteiger partial charge in [-0.05, 0) is 105 Å². The van der Waals surface area contributed by atoms with Gasteiger partial charge in [-0.3, -0.25) is 4.90 Å². The molecule has 1 aromatic heterocycles. The van der Waals surface area contributed by atoms with Crippen LogP contribution in [0.1, 0.15) is 83.5 Å². The first-order chi connectivity index (χ1) is 23.0. The molecule has 48 heavy (non-hydrogen) atoms. The number of pyridine rings is 1. The normalized spacial score (nSPS) is 14.5. The lowest BCUT2D eigenvalue weighted by Gasteiger charge is -2.36. The topological polar surface area (TPSA) is 79.7 Å². The number of rotatable bonds is 14. The van der Waals surface area contributed by atoms with E-state index in [1.54, 1.807) is 19.1 Å². The number of carboxylic acids is 1. The van der Waals surface area contributed by atoms with Crippen LogP contribution in [0.3, 0.4) is 0 Å². The number of para-hydroxylation sites is 1. The Hall–Kier alpha value is -4.21. The van der Waals surface area contributed by atoms with Crippen molar-refractivity contribution < 1.29 is 32.6 Å². The van der Waals surface area contributed by atoms with Gasteiger partial charge in [0.05, 0.1) is 5.56 Å². The zero-order chi connectivity index (χ0) is 34.3. The van der Waals surface area contributed by atoms with E-state index in [1.807, 2.05) is 42.5 Å². The number of fused-ring (bicyclic) bond motifs is 1. The molecule has 0 fully saturated rings. The standard InChI is InChI=1S/C38H38ClF3N2O4/c1-25(45)7-4-5-21-44(35-10-6-9-33-31(35)18-19-34(43-33)37(46)47)22-20-27-8-2-3-11-36(27)48-24-29-13-12-28(23-32(29)39)26-14-16-30(17-15-26)38(40,41)42/h2-3,8,11-19,23,35H,4-7,9-10,20-22,24H2,1H3,(H,46,47). The van der Waals surface area contributed by atoms with E-state index >= 15 is 0 Å². The molecule has 6 nitrogen and oxygen atoms in total. The summed E-state index contributed by atoms with van der Waals surface area (Å²) in [4.78, 5) is 30.0. The fourth-order valence-corrected chi connectivity index (χ4v) is 6.45. The highest BCUT2D eigenvalue weighted by Crippen LogP contribution is 2.35. The summed E-state index contributed by atoms with van der Waals surface area (Å²) in [6.45, 7) is 3.35. The van der Waals surface area contributed by atoms with Crippen LogP contribution in [0.5, 0.6) is 5.75 Å². The molecule has 0 radical (unpaired) electrons. The molecule has 0 aliphatic heterocycles. The smallest absolute Gasteiger partial charge is 0.416 e. The number of carboxylic acid groups (broad SMARTS) is 1. The minimum absolute atomic E-state index is 0.0582. The number of ether oxygens (including phenoxy) is 1. The van der Waals surface area contributed by atoms with Gasteiger partial charge in [-0.15, -0.1) is 0 Å². The summed E-state index contributed by atoms with van der Waals surface area (Å²) in [6, 6.07) is 21.8. The predicted molar refractivity (Wildman–Crippen MR) is 179 cm³/mol. The van der Waals surface area contributed by atoms with Crippen molar-refractivity contribution in [1.29, 1.82) is 0 Å². The number of halogens is 4. The molecule has 5 rings (SSSR count). The molecular formula is C38H38ClF3N2O4. The number of aromatic nitrogens is 1. The summed E-state index contributed by atoms with van der Waals surface area (Å²) in [5.41, 5.74) is 4.38. The second-order valence-electron chi connectivity index (χ2n) is 12.2. The molecule has 1 atom stereocenters. The molecule has 1 N–H and O–H groups in total. The molecule has 0 spiro atoms. The number of ketones is 1. The van der Waals surface area contributed by atoms with Gasteiger partial charge < -0.3 is 14.6 Å². The number of carbonyl (C=O) groups excluding carboxylic acids is 1. The Morgan fingerprint density at radius 3 is 2.42 bits per heavy atom. The molecule has 1 unspecified atom stereocenters. The fraction of sp³-hybridized carbons (Fsp3) is 0.342. The van der Waals surface area contributed by atoms with Crippen molar-refractivity contribution in [1.82, 2.24) is 9.88 Å². The average Bonchev–Trinajstić information content (AvgIpc) is 3.07. The number of aryl methyl sites for hydroxylation is 1. The van der Waals surface area contributed by atoms with Gasteiger partial charge in [-0.1, -0.05) is 60.1 Å². The molecule has 0 saturated heterocycles. The zero-order valence-electron chi connectivity index (χ0n) is 26.7. The van der Waals surface area contributed by atoms with Crippen molar-refractivity contribution in [3.63, 3.8) is 0 Å². The maximum absolute atomic E-state index is 13.0. The van der Waals surface area contributed by atoms with Crippen molar-refractivity contribution in [3.8, 4) is 16.9 Å². The number of alkyl halides is 3. The van der Waals surface area contributed by atoms with Crippen LogP contribution in [0.4, 0.5) is 13.2 Å². The van der Waals surface area contributed by atoms with E-state index in [9.17, 15) is 27.9 Å². The summed E-state index contributed by atoms with van der Waals surface area (Å²) in [6.07, 6.45) is 1.12. The second-order valence-corrected chi connectivity index (χ2v) is 12.6. The Labute approximate surface area is 283 Å². The molecule has 4 aromatic rings. The highest BCUT2D eigenvalue weighted by molar-refractivity contribution is 6.31. The van der Waals surface area contributed by atoms with E-state index in [-0.39, 0.29) is 24.1 Å². The third-order valence-corrected chi connectivity index (χ3v) is 9.12. The molecule has 1 aliphatic rings. The van der Waals surface area contributed by atoms with E-state index in [0.29, 0.717) is 29.0 Å². The predicted octanol–water partition coefficient (Wildman–Crippen LogP) is 9.38. The van der Waals surface area contributed by atoms with Crippen LogP contribution in [-0.2, 0) is 30.4 Å². The van der Waals surface area contributed by atoms with Crippen LogP contribution in [0.2, 0.25) is 5.02 Å². The van der Waals surface area contributed by atoms with Crippen LogP contribution in [0, 0.1) is 0 Å². The monoisotopic (exact) mass is 678 g/mol. The van der Waals surface area contributed by atoms with E-state index in [0.717, 1.165) is 85.5 Å². The van der Waals surface area contributed by atoms with Gasteiger partial charge in [-0.25, -0.2) is 9.78 Å². The number of benzene rings is 3. The third-order valence-electron chi connectivity index (χ3n) is 8.77. The van der Waals surface area contributed by atoms with Gasteiger partial charge in [0.15, 0.2) is 0 Å². The minimum Gasteiger partial charge on any atom is -0.489 e. The molecule has 252 valence electrons. The Kier molecular flexibility index (Phi) is 11.5. The summed E-state index contributed by atoms with van der Waals surface area (Å²) in [7, 11) is 0. The number of carbonyl (C=O) groups is 2. The Morgan fingerprint density at radius 1 is 0.958 bits per heavy atom. The van der Waals surface area contributed by atoms with E-state index < -0.39 is 17.7 Å². The largest absolute Gasteiger partial charge is 0.489 e. The lowest BCUT2D eigenvalue weighted by Crippen LogP contribution is -2.34. The molecule has 10 heteroatoms. The lowest BCUT2D eigenvalue weighted by molar-refractivity contribution is -0.137. The molecule has 3 aromatic carbocycles. The summed E-state index contributed by atoms with van der Waals surface area (Å²) in [5.74, 6) is -0.127. The Balaban J connectivity index is 1.28. The first-order valence-electron chi connectivity index (χ1n) is 16.1. The van der Waals surface area contributed by atoms with Crippen molar-refractivity contribution in [2.24, 2.45) is 0 Å². The highest BCUT2D eigenvalue weighted by atomic mass is 35.5. The number of unbranched alkanes of at least 4 members (excludes halogenated alkanes) is 1. The van der Waals surface area contributed by atoms with Gasteiger partial charge in [0.2, 0.25) is 0 Å². The second kappa shape index (κ2) is 15.8. The molecule has 1 heterocycles. The van der Waals surface area contributed by atoms with Gasteiger partial charge in [0, 0.05) is 35.3 Å². The number of hydrogen-bond acceptors (Lipinski definition) is 5. The van der Waals surface area contributed by atoms with Crippen LogP contribution in [-0.4, -0.2) is 39.8 Å². The van der Waals surface area contributed by atoms with Crippen LogP contribution < -0.4 is 4.74 Å². The van der Waals surface area contributed by atoms with Crippen LogP contribution in [0.15, 0.2) is 78.9 Å². The van der Waals surface area contributed by atoms with Crippen molar-refractivity contribution in [2.45, 2.75) is 70.7 Å². The number of hydrogen-bond donors (Lipinski definition) is 1. The quantitative estimate of drug-likeness (QED) is 0.134. The third kappa shape index (κ3) is 9.02. The summed E-state index contributed by atoms with van der Waals surface area (Å²) in [5, 5.41) is 9.91. The van der Waals surface area contributed by atoms with Gasteiger partial charge in [0.25, 0.3) is 0 Å². The maximum atomic E-state index is 13.0. The van der Waals surface area contributed by atoms with E-state index in [2.05, 4.69) is 9.88 Å². The fourth-order valence-electron chi connectivity index (χ4n) is 6.21. The first-order valence-corrected chi connectivity index (χ1v) is 16.5. The van der Waals surface area contributed by atoms with Gasteiger partial charge in [-0.2, -0.15) is 13.2 Å². The highest BCUT2D eigenvalue weighted by Gasteiger charge is 2.30. The van der Waals surface area contributed by atoms with Gasteiger partial charge >= 0.3 is 12.1 Å². The molecule has 1 aliphatic carbocycles. The molecule has 0 amide bonds.